The Morgan fingerprint density at radius 3 is 2.52 bits per heavy atom. The first-order chi connectivity index (χ1) is 11.1. The van der Waals surface area contributed by atoms with Crippen LogP contribution in [0.4, 0.5) is 0 Å². The summed E-state index contributed by atoms with van der Waals surface area (Å²) in [5.74, 6) is -0.546. The number of likely N-dealkylation sites (N-methyl/N-ethyl adjacent to an activating group) is 1. The minimum Gasteiger partial charge on any atom is -0.360 e. The van der Waals surface area contributed by atoms with E-state index in [2.05, 4.69) is 6.07 Å². The molecule has 0 saturated heterocycles. The summed E-state index contributed by atoms with van der Waals surface area (Å²) in [5.41, 5.74) is 2.44. The van der Waals surface area contributed by atoms with E-state index in [-0.39, 0.29) is 11.8 Å². The zero-order valence-corrected chi connectivity index (χ0v) is 12.9. The molecular formula is C19H17NO3. The van der Waals surface area contributed by atoms with Gasteiger partial charge in [0.1, 0.15) is 0 Å². The second kappa shape index (κ2) is 5.03. The van der Waals surface area contributed by atoms with Crippen LogP contribution in [0.2, 0.25) is 0 Å². The molecular weight excluding hydrogens is 290 g/mol. The maximum absolute atomic E-state index is 13.0. The number of fused-ring (bicyclic) bond motifs is 3. The summed E-state index contributed by atoms with van der Waals surface area (Å²) < 4.78 is 6.13. The maximum Gasteiger partial charge on any atom is 0.266 e. The van der Waals surface area contributed by atoms with E-state index < -0.39 is 5.60 Å². The molecule has 2 aromatic rings. The van der Waals surface area contributed by atoms with Crippen molar-refractivity contribution in [2.45, 2.75) is 18.4 Å². The monoisotopic (exact) mass is 307 g/mol. The van der Waals surface area contributed by atoms with E-state index in [0.717, 1.165) is 12.0 Å². The molecule has 2 aliphatic rings. The molecule has 23 heavy (non-hydrogen) atoms. The second-order valence-electron chi connectivity index (χ2n) is 6.09. The fourth-order valence-electron chi connectivity index (χ4n) is 3.62. The second-order valence-corrected chi connectivity index (χ2v) is 6.09. The van der Waals surface area contributed by atoms with Gasteiger partial charge >= 0.3 is 0 Å². The van der Waals surface area contributed by atoms with E-state index in [4.69, 9.17) is 4.74 Å². The quantitative estimate of drug-likeness (QED) is 0.702. The van der Waals surface area contributed by atoms with Crippen LogP contribution in [0, 0.1) is 0 Å². The molecule has 0 fully saturated rings. The third-order valence-electron chi connectivity index (χ3n) is 4.82. The number of benzene rings is 2. The Bertz CT molecular complexity index is 814. The first-order valence-electron chi connectivity index (χ1n) is 7.76. The van der Waals surface area contributed by atoms with Crippen molar-refractivity contribution in [1.29, 1.82) is 0 Å². The van der Waals surface area contributed by atoms with Crippen molar-refractivity contribution < 1.29 is 14.3 Å². The highest BCUT2D eigenvalue weighted by molar-refractivity contribution is 6.12. The zero-order chi connectivity index (χ0) is 16.0. The van der Waals surface area contributed by atoms with Crippen LogP contribution >= 0.6 is 0 Å². The molecule has 1 atom stereocenters. The topological polar surface area (TPSA) is 46.6 Å². The number of hydrogen-bond acceptors (Lipinski definition) is 3. The van der Waals surface area contributed by atoms with Crippen LogP contribution in [-0.4, -0.2) is 30.4 Å². The van der Waals surface area contributed by atoms with Gasteiger partial charge in [-0.15, -0.1) is 0 Å². The summed E-state index contributed by atoms with van der Waals surface area (Å²) in [6.07, 6.45) is 1.22. The van der Waals surface area contributed by atoms with Crippen molar-refractivity contribution in [3.8, 4) is 0 Å². The van der Waals surface area contributed by atoms with Crippen LogP contribution in [0.15, 0.2) is 48.5 Å². The molecule has 1 unspecified atom stereocenters. The summed E-state index contributed by atoms with van der Waals surface area (Å²) in [6, 6.07) is 15.4. The molecule has 4 rings (SSSR count). The lowest BCUT2D eigenvalue weighted by Crippen LogP contribution is -2.55. The van der Waals surface area contributed by atoms with Crippen molar-refractivity contribution in [2.75, 3.05) is 13.7 Å². The van der Waals surface area contributed by atoms with Crippen molar-refractivity contribution in [3.05, 3.63) is 70.8 Å². The highest BCUT2D eigenvalue weighted by Gasteiger charge is 2.51. The fourth-order valence-corrected chi connectivity index (χ4v) is 3.62. The van der Waals surface area contributed by atoms with Gasteiger partial charge in [-0.3, -0.25) is 14.5 Å². The largest absolute Gasteiger partial charge is 0.360 e. The molecule has 1 spiro atoms. The Kier molecular flexibility index (Phi) is 3.10. The Hall–Kier alpha value is -2.46. The van der Waals surface area contributed by atoms with Gasteiger partial charge in [-0.25, -0.2) is 0 Å². The lowest BCUT2D eigenvalue weighted by Gasteiger charge is -2.39. The number of nitrogens with zero attached hydrogens (tertiary/aromatic N) is 1. The molecule has 2 aliphatic heterocycles. The molecule has 0 aromatic heterocycles. The number of carbonyl (C=O) groups excluding carboxylic acids is 2. The van der Waals surface area contributed by atoms with E-state index in [0.29, 0.717) is 24.2 Å². The summed E-state index contributed by atoms with van der Waals surface area (Å²) in [5, 5.41) is 0. The molecule has 4 nitrogen and oxygen atoms in total. The minimum absolute atomic E-state index is 0.266. The van der Waals surface area contributed by atoms with E-state index in [1.807, 2.05) is 36.4 Å². The van der Waals surface area contributed by atoms with Crippen molar-refractivity contribution in [1.82, 2.24) is 4.90 Å². The van der Waals surface area contributed by atoms with Crippen LogP contribution in [0.5, 0.6) is 0 Å². The van der Waals surface area contributed by atoms with Crippen LogP contribution < -0.4 is 0 Å². The van der Waals surface area contributed by atoms with Gasteiger partial charge in [0.15, 0.2) is 5.60 Å². The molecule has 0 aliphatic carbocycles. The Morgan fingerprint density at radius 2 is 1.70 bits per heavy atom. The average molecular weight is 307 g/mol. The summed E-state index contributed by atoms with van der Waals surface area (Å²) >= 11 is 0. The Balaban J connectivity index is 1.94. The molecule has 2 amide bonds. The van der Waals surface area contributed by atoms with Gasteiger partial charge in [-0.05, 0) is 23.6 Å². The first-order valence-corrected chi connectivity index (χ1v) is 7.76. The minimum atomic E-state index is -1.11. The van der Waals surface area contributed by atoms with E-state index in [1.54, 1.807) is 6.07 Å². The summed E-state index contributed by atoms with van der Waals surface area (Å²) in [6.45, 7) is 0.457. The van der Waals surface area contributed by atoms with Gasteiger partial charge in [-0.1, -0.05) is 42.5 Å². The highest BCUT2D eigenvalue weighted by Crippen LogP contribution is 2.40. The predicted octanol–water partition coefficient (Wildman–Crippen LogP) is 2.31. The van der Waals surface area contributed by atoms with E-state index >= 15 is 0 Å². The van der Waals surface area contributed by atoms with Crippen molar-refractivity contribution in [3.63, 3.8) is 0 Å². The number of carbonyl (C=O) groups is 2. The van der Waals surface area contributed by atoms with Gasteiger partial charge in [0, 0.05) is 24.6 Å². The van der Waals surface area contributed by atoms with E-state index in [9.17, 15) is 9.59 Å². The molecule has 0 bridgehead atoms. The molecule has 0 saturated carbocycles. The first kappa shape index (κ1) is 14.2. The summed E-state index contributed by atoms with van der Waals surface area (Å²) in [7, 11) is 1.53. The Morgan fingerprint density at radius 1 is 1.00 bits per heavy atom. The number of ether oxygens (including phenoxy) is 1. The van der Waals surface area contributed by atoms with Crippen LogP contribution in [0.3, 0.4) is 0 Å². The fraction of sp³-hybridized carbons (Fsp3) is 0.263. The average Bonchev–Trinajstić information content (AvgIpc) is 2.79. The van der Waals surface area contributed by atoms with Gasteiger partial charge in [0.25, 0.3) is 11.8 Å². The lowest BCUT2D eigenvalue weighted by molar-refractivity contribution is -0.157. The maximum atomic E-state index is 13.0. The third kappa shape index (κ3) is 1.95. The highest BCUT2D eigenvalue weighted by atomic mass is 16.5. The molecule has 116 valence electrons. The number of amides is 2. The molecule has 0 radical (unpaired) electrons. The standard InChI is InChI=1S/C19H17NO3/c1-20-17(21)15-8-4-5-9-16(15)19(18(20)22)12-14-7-3-2-6-13(14)10-11-23-19/h2-9H,10-12H2,1H3. The molecule has 4 heteroatoms. The van der Waals surface area contributed by atoms with Gasteiger partial charge < -0.3 is 4.74 Å². The number of rotatable bonds is 0. The smallest absolute Gasteiger partial charge is 0.266 e. The Labute approximate surface area is 134 Å². The van der Waals surface area contributed by atoms with E-state index in [1.165, 1.54) is 17.5 Å². The van der Waals surface area contributed by atoms with Crippen LogP contribution in [0.25, 0.3) is 0 Å². The normalized spacial score (nSPS) is 23.4. The van der Waals surface area contributed by atoms with Gasteiger partial charge in [0.2, 0.25) is 0 Å². The lowest BCUT2D eigenvalue weighted by atomic mass is 9.79. The predicted molar refractivity (Wildman–Crippen MR) is 85.0 cm³/mol. The van der Waals surface area contributed by atoms with Gasteiger partial charge in [0.05, 0.1) is 6.61 Å². The van der Waals surface area contributed by atoms with Gasteiger partial charge in [-0.2, -0.15) is 0 Å². The zero-order valence-electron chi connectivity index (χ0n) is 12.9. The SMILES string of the molecule is CN1C(=O)c2ccccc2C2(Cc3ccccc3CCO2)C1=O. The van der Waals surface area contributed by atoms with Crippen molar-refractivity contribution in [2.24, 2.45) is 0 Å². The van der Waals surface area contributed by atoms with Crippen molar-refractivity contribution >= 4 is 11.8 Å². The van der Waals surface area contributed by atoms with Crippen LogP contribution in [0.1, 0.15) is 27.0 Å². The summed E-state index contributed by atoms with van der Waals surface area (Å²) in [4.78, 5) is 26.6. The number of hydrogen-bond donors (Lipinski definition) is 0. The number of imide groups is 1. The molecule has 0 N–H and O–H groups in total. The molecule has 2 heterocycles. The van der Waals surface area contributed by atoms with Crippen LogP contribution in [-0.2, 0) is 28.0 Å². The molecule has 2 aromatic carbocycles. The third-order valence-corrected chi connectivity index (χ3v) is 4.82.